The highest BCUT2D eigenvalue weighted by atomic mass is 35.5. The minimum absolute atomic E-state index is 0.328. The number of halogens is 4. The molecule has 0 saturated heterocycles. The zero-order valence-electron chi connectivity index (χ0n) is 11.5. The summed E-state index contributed by atoms with van der Waals surface area (Å²) in [6.45, 7) is 0. The van der Waals surface area contributed by atoms with Crippen molar-refractivity contribution in [2.45, 2.75) is 11.1 Å². The topological polar surface area (TPSA) is 86.5 Å². The molecule has 0 amide bonds. The Balaban J connectivity index is 2.41. The second-order valence-electron chi connectivity index (χ2n) is 4.43. The van der Waals surface area contributed by atoms with Crippen LogP contribution < -0.4 is 4.18 Å². The minimum atomic E-state index is -4.85. The van der Waals surface area contributed by atoms with E-state index in [9.17, 15) is 31.7 Å². The van der Waals surface area contributed by atoms with E-state index in [1.54, 1.807) is 0 Å². The van der Waals surface area contributed by atoms with Gasteiger partial charge < -0.3 is 4.18 Å². The molecule has 0 aliphatic carbocycles. The van der Waals surface area contributed by atoms with E-state index >= 15 is 0 Å². The highest BCUT2D eigenvalue weighted by Crippen LogP contribution is 2.36. The fraction of sp³-hybridized carbons (Fsp3) is 0.0769. The normalized spacial score (nSPS) is 12.0. The smallest absolute Gasteiger partial charge is 0.379 e. The van der Waals surface area contributed by atoms with Crippen molar-refractivity contribution in [3.05, 3.63) is 63.2 Å². The van der Waals surface area contributed by atoms with Gasteiger partial charge in [-0.2, -0.15) is 21.6 Å². The molecule has 0 fully saturated rings. The maximum Gasteiger partial charge on any atom is 0.417 e. The molecule has 0 aliphatic rings. The number of non-ortho nitro benzene ring substituents is 1. The van der Waals surface area contributed by atoms with Crippen molar-refractivity contribution in [2.75, 3.05) is 0 Å². The first kappa shape index (κ1) is 18.0. The lowest BCUT2D eigenvalue weighted by atomic mass is 10.2. The summed E-state index contributed by atoms with van der Waals surface area (Å²) in [5.74, 6) is -0.410. The quantitative estimate of drug-likeness (QED) is 0.453. The summed E-state index contributed by atoms with van der Waals surface area (Å²) < 4.78 is 67.2. The molecule has 2 aromatic rings. The predicted molar refractivity (Wildman–Crippen MR) is 77.4 cm³/mol. The van der Waals surface area contributed by atoms with E-state index in [0.29, 0.717) is 6.07 Å². The Labute approximate surface area is 138 Å². The van der Waals surface area contributed by atoms with Gasteiger partial charge in [-0.05, 0) is 24.3 Å². The number of nitrogens with zero attached hydrogens (tertiary/aromatic N) is 1. The van der Waals surface area contributed by atoms with Crippen LogP contribution in [0, 0.1) is 10.1 Å². The van der Waals surface area contributed by atoms with Gasteiger partial charge in [-0.25, -0.2) is 0 Å². The molecule has 0 saturated carbocycles. The zero-order chi connectivity index (χ0) is 18.1. The third-order valence-electron chi connectivity index (χ3n) is 2.77. The summed E-state index contributed by atoms with van der Waals surface area (Å²) in [5.41, 5.74) is -1.78. The second-order valence-corrected chi connectivity index (χ2v) is 6.38. The predicted octanol–water partition coefficient (Wildman–Crippen LogP) is 4.03. The van der Waals surface area contributed by atoms with Gasteiger partial charge in [0.2, 0.25) is 0 Å². The zero-order valence-corrected chi connectivity index (χ0v) is 13.0. The van der Waals surface area contributed by atoms with E-state index < -0.39 is 48.1 Å². The molecule has 24 heavy (non-hydrogen) atoms. The van der Waals surface area contributed by atoms with Crippen LogP contribution in [0.1, 0.15) is 5.56 Å². The van der Waals surface area contributed by atoms with Crippen molar-refractivity contribution in [1.29, 1.82) is 0 Å². The molecule has 0 spiro atoms. The molecular formula is C13H7ClF3NO5S. The standard InChI is InChI=1S/C13H7ClF3NO5S/c14-12-5-4-10(7-11(12)13(15,16)17)24(21,22)23-9-3-1-2-8(6-9)18(19)20/h1-7H. The first-order chi connectivity index (χ1) is 11.0. The van der Waals surface area contributed by atoms with Gasteiger partial charge in [0, 0.05) is 6.07 Å². The number of nitro groups is 1. The number of rotatable bonds is 4. The van der Waals surface area contributed by atoms with Crippen molar-refractivity contribution < 1.29 is 30.7 Å². The van der Waals surface area contributed by atoms with Crippen LogP contribution in [0.4, 0.5) is 18.9 Å². The van der Waals surface area contributed by atoms with E-state index in [0.717, 1.165) is 30.3 Å². The highest BCUT2D eigenvalue weighted by molar-refractivity contribution is 7.87. The molecule has 2 rings (SSSR count). The van der Waals surface area contributed by atoms with E-state index in [4.69, 9.17) is 11.6 Å². The van der Waals surface area contributed by atoms with E-state index in [2.05, 4.69) is 4.18 Å². The molecule has 0 aliphatic heterocycles. The molecule has 0 atom stereocenters. The van der Waals surface area contributed by atoms with Crippen LogP contribution in [0.5, 0.6) is 5.75 Å². The molecule has 128 valence electrons. The molecule has 6 nitrogen and oxygen atoms in total. The molecule has 0 unspecified atom stereocenters. The van der Waals surface area contributed by atoms with Crippen LogP contribution >= 0.6 is 11.6 Å². The number of nitro benzene ring substituents is 1. The molecule has 0 bridgehead atoms. The van der Waals surface area contributed by atoms with Gasteiger partial charge >= 0.3 is 16.3 Å². The summed E-state index contributed by atoms with van der Waals surface area (Å²) in [6.07, 6.45) is -4.85. The maximum atomic E-state index is 12.8. The van der Waals surface area contributed by atoms with Gasteiger partial charge in [0.15, 0.2) is 0 Å². The van der Waals surface area contributed by atoms with Crippen molar-refractivity contribution in [1.82, 2.24) is 0 Å². The Hall–Kier alpha value is -2.33. The van der Waals surface area contributed by atoms with Crippen LogP contribution in [0.3, 0.4) is 0 Å². The lowest BCUT2D eigenvalue weighted by molar-refractivity contribution is -0.384. The van der Waals surface area contributed by atoms with Crippen LogP contribution in [0.25, 0.3) is 0 Å². The maximum absolute atomic E-state index is 12.8. The van der Waals surface area contributed by atoms with E-state index in [1.165, 1.54) is 6.07 Å². The summed E-state index contributed by atoms with van der Waals surface area (Å²) >= 11 is 5.42. The van der Waals surface area contributed by atoms with E-state index in [1.807, 2.05) is 0 Å². The molecule has 0 aromatic heterocycles. The van der Waals surface area contributed by atoms with Gasteiger partial charge in [0.25, 0.3) is 5.69 Å². The average molecular weight is 382 g/mol. The second kappa shape index (κ2) is 6.29. The van der Waals surface area contributed by atoms with Gasteiger partial charge in [0.05, 0.1) is 21.6 Å². The lowest BCUT2D eigenvalue weighted by Gasteiger charge is -2.11. The fourth-order valence-corrected chi connectivity index (χ4v) is 2.88. The van der Waals surface area contributed by atoms with Gasteiger partial charge in [-0.15, -0.1) is 0 Å². The number of alkyl halides is 3. The number of hydrogen-bond acceptors (Lipinski definition) is 5. The van der Waals surface area contributed by atoms with Crippen LogP contribution in [-0.4, -0.2) is 13.3 Å². The number of benzene rings is 2. The SMILES string of the molecule is O=[N+]([O-])c1cccc(OS(=O)(=O)c2ccc(Cl)c(C(F)(F)F)c2)c1. The van der Waals surface area contributed by atoms with Gasteiger partial charge in [0.1, 0.15) is 10.6 Å². The Bertz CT molecular complexity index is 899. The monoisotopic (exact) mass is 381 g/mol. The Morgan fingerprint density at radius 3 is 2.38 bits per heavy atom. The molecule has 2 aromatic carbocycles. The van der Waals surface area contributed by atoms with Gasteiger partial charge in [-0.1, -0.05) is 17.7 Å². The molecule has 11 heteroatoms. The van der Waals surface area contributed by atoms with Crippen LogP contribution in [-0.2, 0) is 16.3 Å². The lowest BCUT2D eigenvalue weighted by Crippen LogP contribution is -2.13. The van der Waals surface area contributed by atoms with Crippen molar-refractivity contribution in [3.63, 3.8) is 0 Å². The Kier molecular flexibility index (Phi) is 4.72. The molecule has 0 radical (unpaired) electrons. The Morgan fingerprint density at radius 2 is 1.79 bits per heavy atom. The fourth-order valence-electron chi connectivity index (χ4n) is 1.70. The van der Waals surface area contributed by atoms with Crippen molar-refractivity contribution in [3.8, 4) is 5.75 Å². The summed E-state index contributed by atoms with van der Waals surface area (Å²) in [5, 5.41) is 9.97. The third-order valence-corrected chi connectivity index (χ3v) is 4.34. The summed E-state index contributed by atoms with van der Waals surface area (Å²) in [6, 6.07) is 6.16. The largest absolute Gasteiger partial charge is 0.417 e. The first-order valence-corrected chi connectivity index (χ1v) is 7.85. The van der Waals surface area contributed by atoms with Gasteiger partial charge in [-0.3, -0.25) is 10.1 Å². The molecular weight excluding hydrogens is 375 g/mol. The van der Waals surface area contributed by atoms with E-state index in [-0.39, 0.29) is 0 Å². The average Bonchev–Trinajstić information content (AvgIpc) is 2.46. The Morgan fingerprint density at radius 1 is 1.12 bits per heavy atom. The summed E-state index contributed by atoms with van der Waals surface area (Å²) in [7, 11) is -4.64. The van der Waals surface area contributed by atoms with Crippen molar-refractivity contribution in [2.24, 2.45) is 0 Å². The third kappa shape index (κ3) is 3.95. The highest BCUT2D eigenvalue weighted by Gasteiger charge is 2.35. The molecule has 0 heterocycles. The molecule has 0 N–H and O–H groups in total. The number of hydrogen-bond donors (Lipinski definition) is 0. The summed E-state index contributed by atoms with van der Waals surface area (Å²) in [4.78, 5) is 9.08. The minimum Gasteiger partial charge on any atom is -0.379 e. The van der Waals surface area contributed by atoms with Crippen LogP contribution in [0.15, 0.2) is 47.4 Å². The van der Waals surface area contributed by atoms with Crippen molar-refractivity contribution >= 4 is 27.4 Å². The first-order valence-electron chi connectivity index (χ1n) is 6.06. The van der Waals surface area contributed by atoms with Crippen LogP contribution in [0.2, 0.25) is 5.02 Å².